The Morgan fingerprint density at radius 2 is 2.08 bits per heavy atom. The molecule has 1 aromatic heterocycles. The minimum atomic E-state index is 0.154. The fourth-order valence-electron chi connectivity index (χ4n) is 4.24. The van der Waals surface area contributed by atoms with Crippen LogP contribution in [-0.4, -0.2) is 41.5 Å². The van der Waals surface area contributed by atoms with E-state index in [1.54, 1.807) is 6.20 Å². The van der Waals surface area contributed by atoms with Gasteiger partial charge in [0.2, 0.25) is 5.95 Å². The first-order valence-corrected chi connectivity index (χ1v) is 9.21. The molecule has 2 aromatic rings. The summed E-state index contributed by atoms with van der Waals surface area (Å²) in [5.74, 6) is 1.20. The van der Waals surface area contributed by atoms with Gasteiger partial charge in [-0.1, -0.05) is 28.4 Å². The molecular formula is C18H22BrN5. The molecule has 0 saturated carbocycles. The maximum atomic E-state index is 5.83. The summed E-state index contributed by atoms with van der Waals surface area (Å²) in [6.07, 6.45) is 5.48. The Hall–Kier alpha value is -1.66. The molecule has 2 aliphatic heterocycles. The SMILES string of the molecule is CN1CCCCC2(C1)CN(c1ccnc(N)n1)c1cc(Br)ccc12. The third-order valence-electron chi connectivity index (χ3n) is 5.24. The van der Waals surface area contributed by atoms with Gasteiger partial charge in [0.25, 0.3) is 0 Å². The summed E-state index contributed by atoms with van der Waals surface area (Å²) in [7, 11) is 2.23. The lowest BCUT2D eigenvalue weighted by molar-refractivity contribution is 0.275. The number of hydrogen-bond donors (Lipinski definition) is 1. The molecule has 2 N–H and O–H groups in total. The van der Waals surface area contributed by atoms with Gasteiger partial charge in [-0.2, -0.15) is 4.98 Å². The third kappa shape index (κ3) is 2.67. The number of aromatic nitrogens is 2. The summed E-state index contributed by atoms with van der Waals surface area (Å²) >= 11 is 3.62. The fourth-order valence-corrected chi connectivity index (χ4v) is 4.59. The van der Waals surface area contributed by atoms with Gasteiger partial charge < -0.3 is 15.5 Å². The number of rotatable bonds is 1. The second-order valence-corrected chi connectivity index (χ2v) is 7.91. The van der Waals surface area contributed by atoms with E-state index in [0.717, 1.165) is 23.4 Å². The highest BCUT2D eigenvalue weighted by Gasteiger charge is 2.44. The van der Waals surface area contributed by atoms with E-state index in [-0.39, 0.29) is 5.41 Å². The van der Waals surface area contributed by atoms with Crippen molar-refractivity contribution < 1.29 is 0 Å². The molecule has 1 fully saturated rings. The minimum absolute atomic E-state index is 0.154. The lowest BCUT2D eigenvalue weighted by atomic mass is 9.78. The summed E-state index contributed by atoms with van der Waals surface area (Å²) in [6.45, 7) is 3.20. The molecule has 126 valence electrons. The zero-order chi connectivity index (χ0) is 16.7. The minimum Gasteiger partial charge on any atom is -0.368 e. The molecule has 0 amide bonds. The van der Waals surface area contributed by atoms with Crippen LogP contribution in [0.2, 0.25) is 0 Å². The van der Waals surface area contributed by atoms with Crippen LogP contribution in [0.3, 0.4) is 0 Å². The van der Waals surface area contributed by atoms with Crippen LogP contribution in [0.15, 0.2) is 34.9 Å². The molecule has 4 rings (SSSR count). The number of nitrogens with zero attached hydrogens (tertiary/aromatic N) is 4. The van der Waals surface area contributed by atoms with E-state index in [9.17, 15) is 0 Å². The van der Waals surface area contributed by atoms with Crippen LogP contribution in [0.4, 0.5) is 17.5 Å². The number of nitrogen functional groups attached to an aromatic ring is 1. The van der Waals surface area contributed by atoms with Crippen molar-refractivity contribution in [3.8, 4) is 0 Å². The molecule has 1 unspecified atom stereocenters. The molecular weight excluding hydrogens is 366 g/mol. The lowest BCUT2D eigenvalue weighted by Crippen LogP contribution is -2.40. The fraction of sp³-hybridized carbons (Fsp3) is 0.444. The molecule has 1 saturated heterocycles. The normalized spacial score (nSPS) is 24.2. The van der Waals surface area contributed by atoms with Crippen LogP contribution in [0.25, 0.3) is 0 Å². The molecule has 3 heterocycles. The first-order valence-electron chi connectivity index (χ1n) is 8.42. The van der Waals surface area contributed by atoms with Gasteiger partial charge in [-0.3, -0.25) is 0 Å². The number of benzene rings is 1. The van der Waals surface area contributed by atoms with E-state index in [1.807, 2.05) is 6.07 Å². The quantitative estimate of drug-likeness (QED) is 0.812. The number of halogens is 1. The number of nitrogens with two attached hydrogens (primary N) is 1. The third-order valence-corrected chi connectivity index (χ3v) is 5.73. The van der Waals surface area contributed by atoms with Crippen LogP contribution in [0.1, 0.15) is 24.8 Å². The van der Waals surface area contributed by atoms with Gasteiger partial charge in [0.1, 0.15) is 5.82 Å². The van der Waals surface area contributed by atoms with E-state index in [0.29, 0.717) is 5.95 Å². The Labute approximate surface area is 151 Å². The summed E-state index contributed by atoms with van der Waals surface area (Å²) in [5.41, 5.74) is 8.64. The summed E-state index contributed by atoms with van der Waals surface area (Å²) in [6, 6.07) is 8.58. The van der Waals surface area contributed by atoms with Gasteiger partial charge in [-0.05, 0) is 50.2 Å². The van der Waals surface area contributed by atoms with E-state index in [1.165, 1.54) is 37.1 Å². The van der Waals surface area contributed by atoms with Crippen molar-refractivity contribution in [1.29, 1.82) is 0 Å². The van der Waals surface area contributed by atoms with Crippen molar-refractivity contribution in [3.05, 3.63) is 40.5 Å². The molecule has 0 radical (unpaired) electrons. The average molecular weight is 388 g/mol. The van der Waals surface area contributed by atoms with Crippen LogP contribution >= 0.6 is 15.9 Å². The van der Waals surface area contributed by atoms with Crippen molar-refractivity contribution >= 4 is 33.4 Å². The van der Waals surface area contributed by atoms with Crippen molar-refractivity contribution in [1.82, 2.24) is 14.9 Å². The summed E-state index contributed by atoms with van der Waals surface area (Å²) < 4.78 is 1.09. The first kappa shape index (κ1) is 15.8. The monoisotopic (exact) mass is 387 g/mol. The maximum Gasteiger partial charge on any atom is 0.221 e. The molecule has 1 spiro atoms. The van der Waals surface area contributed by atoms with E-state index in [2.05, 4.69) is 60.9 Å². The molecule has 0 aliphatic carbocycles. The molecule has 24 heavy (non-hydrogen) atoms. The van der Waals surface area contributed by atoms with Crippen molar-refractivity contribution in [3.63, 3.8) is 0 Å². The predicted octanol–water partition coefficient (Wildman–Crippen LogP) is 3.33. The van der Waals surface area contributed by atoms with Crippen LogP contribution in [0, 0.1) is 0 Å². The largest absolute Gasteiger partial charge is 0.368 e. The molecule has 0 bridgehead atoms. The molecule has 1 atom stereocenters. The maximum absolute atomic E-state index is 5.83. The highest BCUT2D eigenvalue weighted by Crippen LogP contribution is 2.48. The average Bonchev–Trinajstić information content (AvgIpc) is 2.71. The number of fused-ring (bicyclic) bond motifs is 2. The van der Waals surface area contributed by atoms with Gasteiger partial charge in [-0.25, -0.2) is 4.98 Å². The van der Waals surface area contributed by atoms with Gasteiger partial charge in [0.15, 0.2) is 0 Å². The molecule has 2 aliphatic rings. The van der Waals surface area contributed by atoms with Gasteiger partial charge in [-0.15, -0.1) is 0 Å². The van der Waals surface area contributed by atoms with Crippen molar-refractivity contribution in [2.45, 2.75) is 24.7 Å². The Bertz CT molecular complexity index is 765. The predicted molar refractivity (Wildman–Crippen MR) is 101 cm³/mol. The summed E-state index contributed by atoms with van der Waals surface area (Å²) in [4.78, 5) is 13.3. The van der Waals surface area contributed by atoms with E-state index in [4.69, 9.17) is 5.73 Å². The van der Waals surface area contributed by atoms with E-state index >= 15 is 0 Å². The second-order valence-electron chi connectivity index (χ2n) is 7.00. The summed E-state index contributed by atoms with van der Waals surface area (Å²) in [5, 5.41) is 0. The lowest BCUT2D eigenvalue weighted by Gasteiger charge is -2.32. The Kier molecular flexibility index (Phi) is 3.96. The topological polar surface area (TPSA) is 58.3 Å². The highest BCUT2D eigenvalue weighted by molar-refractivity contribution is 9.10. The first-order chi connectivity index (χ1) is 11.6. The standard InChI is InChI=1S/C18H22BrN5/c1-23-9-3-2-7-18(11-23)12-24(16-6-8-21-17(20)22-16)15-10-13(19)4-5-14(15)18/h4-6,8,10H,2-3,7,9,11-12H2,1H3,(H2,20,21,22). The highest BCUT2D eigenvalue weighted by atomic mass is 79.9. The zero-order valence-electron chi connectivity index (χ0n) is 13.9. The van der Waals surface area contributed by atoms with Crippen LogP contribution in [-0.2, 0) is 5.41 Å². The number of hydrogen-bond acceptors (Lipinski definition) is 5. The van der Waals surface area contributed by atoms with Gasteiger partial charge in [0, 0.05) is 34.9 Å². The van der Waals surface area contributed by atoms with Crippen LogP contribution < -0.4 is 10.6 Å². The zero-order valence-corrected chi connectivity index (χ0v) is 15.5. The Morgan fingerprint density at radius 3 is 2.92 bits per heavy atom. The van der Waals surface area contributed by atoms with E-state index < -0.39 is 0 Å². The molecule has 5 nitrogen and oxygen atoms in total. The van der Waals surface area contributed by atoms with Crippen molar-refractivity contribution in [2.24, 2.45) is 0 Å². The van der Waals surface area contributed by atoms with Gasteiger partial charge >= 0.3 is 0 Å². The second kappa shape index (κ2) is 6.01. The Morgan fingerprint density at radius 1 is 1.21 bits per heavy atom. The Balaban J connectivity index is 1.83. The van der Waals surface area contributed by atoms with Crippen molar-refractivity contribution in [2.75, 3.05) is 37.3 Å². The number of likely N-dealkylation sites (tertiary alicyclic amines) is 1. The number of likely N-dealkylation sites (N-methyl/N-ethyl adjacent to an activating group) is 1. The smallest absolute Gasteiger partial charge is 0.221 e. The molecule has 6 heteroatoms. The molecule has 1 aromatic carbocycles. The van der Waals surface area contributed by atoms with Crippen LogP contribution in [0.5, 0.6) is 0 Å². The van der Waals surface area contributed by atoms with Gasteiger partial charge in [0.05, 0.1) is 0 Å². The number of anilines is 3.